The zero-order valence-corrected chi connectivity index (χ0v) is 19.3. The molecule has 0 radical (unpaired) electrons. The van der Waals surface area contributed by atoms with E-state index < -0.39 is 16.0 Å². The Kier molecular flexibility index (Phi) is 6.35. The minimum absolute atomic E-state index is 0.0856. The first-order valence-electron chi connectivity index (χ1n) is 10.5. The molecule has 1 heterocycles. The van der Waals surface area contributed by atoms with Gasteiger partial charge in [0.05, 0.1) is 23.9 Å². The maximum absolute atomic E-state index is 13.4. The van der Waals surface area contributed by atoms with Gasteiger partial charge in [-0.05, 0) is 36.0 Å². The van der Waals surface area contributed by atoms with Gasteiger partial charge in [0.2, 0.25) is 0 Å². The van der Waals surface area contributed by atoms with Crippen LogP contribution >= 0.6 is 0 Å². The second kappa shape index (κ2) is 9.21. The van der Waals surface area contributed by atoms with E-state index in [4.69, 9.17) is 4.74 Å². The number of carbonyl (C=O) groups is 2. The van der Waals surface area contributed by atoms with E-state index >= 15 is 0 Å². The quantitative estimate of drug-likeness (QED) is 0.580. The fraction of sp³-hybridized carbons (Fsp3) is 0.250. The molecule has 3 aromatic rings. The number of fused-ring (bicyclic) bond motifs is 1. The van der Waals surface area contributed by atoms with Crippen LogP contribution in [0.1, 0.15) is 20.7 Å². The molecule has 9 heteroatoms. The first kappa shape index (κ1) is 22.8. The number of nitrogens with one attached hydrogen (secondary N) is 1. The van der Waals surface area contributed by atoms with Crippen molar-refractivity contribution in [1.82, 2.24) is 9.80 Å². The van der Waals surface area contributed by atoms with Crippen molar-refractivity contribution in [2.75, 3.05) is 45.1 Å². The van der Waals surface area contributed by atoms with Crippen molar-refractivity contribution in [3.05, 3.63) is 71.8 Å². The van der Waals surface area contributed by atoms with Gasteiger partial charge in [0, 0.05) is 26.2 Å². The van der Waals surface area contributed by atoms with Crippen molar-refractivity contribution < 1.29 is 22.7 Å². The molecule has 33 heavy (non-hydrogen) atoms. The summed E-state index contributed by atoms with van der Waals surface area (Å²) in [6.07, 6.45) is 0. The van der Waals surface area contributed by atoms with Gasteiger partial charge < -0.3 is 14.5 Å². The average Bonchev–Trinajstić information content (AvgIpc) is 2.83. The molecule has 1 aliphatic heterocycles. The molecule has 0 unspecified atom stereocenters. The number of amides is 1. The number of nitrogens with zero attached hydrogens (tertiary/aromatic N) is 2. The summed E-state index contributed by atoms with van der Waals surface area (Å²) < 4.78 is 34.3. The van der Waals surface area contributed by atoms with Crippen LogP contribution in [0.5, 0.6) is 0 Å². The van der Waals surface area contributed by atoms with Crippen LogP contribution in [-0.4, -0.2) is 70.4 Å². The molecule has 0 saturated carbocycles. The number of carbonyl (C=O) groups excluding carboxylic acids is 2. The average molecular weight is 468 g/mol. The maximum Gasteiger partial charge on any atom is 0.340 e. The molecule has 8 nitrogen and oxygen atoms in total. The number of piperazine rings is 1. The Morgan fingerprint density at radius 1 is 0.909 bits per heavy atom. The maximum atomic E-state index is 13.4. The van der Waals surface area contributed by atoms with Gasteiger partial charge in [-0.15, -0.1) is 0 Å². The van der Waals surface area contributed by atoms with Crippen molar-refractivity contribution in [2.45, 2.75) is 4.90 Å². The SMILES string of the molecule is COC(=O)c1c(NS(=O)(=O)c2ccccc2C(=O)N2CCN(C)CC2)ccc2ccccc12. The predicted octanol–water partition coefficient (Wildman–Crippen LogP) is 2.81. The number of sulfonamides is 1. The number of hydrogen-bond acceptors (Lipinski definition) is 6. The second-order valence-corrected chi connectivity index (χ2v) is 9.55. The molecule has 172 valence electrons. The fourth-order valence-electron chi connectivity index (χ4n) is 3.94. The molecular weight excluding hydrogens is 442 g/mol. The molecule has 1 amide bonds. The van der Waals surface area contributed by atoms with Crippen molar-refractivity contribution in [1.29, 1.82) is 0 Å². The molecular formula is C24H25N3O5S. The molecule has 4 rings (SSSR count). The molecule has 1 N–H and O–H groups in total. The Hall–Kier alpha value is -3.43. The van der Waals surface area contributed by atoms with Gasteiger partial charge >= 0.3 is 5.97 Å². The van der Waals surface area contributed by atoms with Gasteiger partial charge in [0.1, 0.15) is 4.90 Å². The molecule has 0 bridgehead atoms. The van der Waals surface area contributed by atoms with Gasteiger partial charge in [-0.1, -0.05) is 42.5 Å². The smallest absolute Gasteiger partial charge is 0.340 e. The zero-order valence-electron chi connectivity index (χ0n) is 18.4. The molecule has 0 aliphatic carbocycles. The number of hydrogen-bond donors (Lipinski definition) is 1. The number of anilines is 1. The number of benzene rings is 3. The zero-order chi connectivity index (χ0) is 23.6. The van der Waals surface area contributed by atoms with Crippen LogP contribution in [0, 0.1) is 0 Å². The molecule has 0 aromatic heterocycles. The number of methoxy groups -OCH3 is 1. The van der Waals surface area contributed by atoms with Gasteiger partial charge in [0.15, 0.2) is 0 Å². The normalized spacial score (nSPS) is 14.8. The van der Waals surface area contributed by atoms with Crippen molar-refractivity contribution in [3.63, 3.8) is 0 Å². The lowest BCUT2D eigenvalue weighted by Gasteiger charge is -2.32. The first-order valence-corrected chi connectivity index (χ1v) is 12.0. The van der Waals surface area contributed by atoms with E-state index in [9.17, 15) is 18.0 Å². The van der Waals surface area contributed by atoms with Crippen LogP contribution in [-0.2, 0) is 14.8 Å². The van der Waals surface area contributed by atoms with Crippen LogP contribution in [0.25, 0.3) is 10.8 Å². The molecule has 1 fully saturated rings. The van der Waals surface area contributed by atoms with Crippen LogP contribution < -0.4 is 4.72 Å². The lowest BCUT2D eigenvalue weighted by Crippen LogP contribution is -2.47. The lowest BCUT2D eigenvalue weighted by atomic mass is 10.0. The van der Waals surface area contributed by atoms with E-state index in [2.05, 4.69) is 9.62 Å². The molecule has 0 spiro atoms. The Labute approximate surface area is 192 Å². The second-order valence-electron chi connectivity index (χ2n) is 7.90. The summed E-state index contributed by atoms with van der Waals surface area (Å²) in [5, 5.41) is 1.33. The Balaban J connectivity index is 1.73. The number of rotatable bonds is 5. The van der Waals surface area contributed by atoms with Crippen LogP contribution in [0.4, 0.5) is 5.69 Å². The Morgan fingerprint density at radius 3 is 2.30 bits per heavy atom. The highest BCUT2D eigenvalue weighted by atomic mass is 32.2. The van der Waals surface area contributed by atoms with E-state index in [0.29, 0.717) is 18.5 Å². The van der Waals surface area contributed by atoms with Crippen molar-refractivity contribution in [3.8, 4) is 0 Å². The monoisotopic (exact) mass is 467 g/mol. The van der Waals surface area contributed by atoms with E-state index in [1.807, 2.05) is 19.2 Å². The largest absolute Gasteiger partial charge is 0.465 e. The minimum Gasteiger partial charge on any atom is -0.465 e. The van der Waals surface area contributed by atoms with Gasteiger partial charge in [-0.3, -0.25) is 9.52 Å². The highest BCUT2D eigenvalue weighted by Gasteiger charge is 2.28. The van der Waals surface area contributed by atoms with E-state index in [0.717, 1.165) is 18.5 Å². The number of ether oxygens (including phenoxy) is 1. The van der Waals surface area contributed by atoms with E-state index in [-0.39, 0.29) is 27.6 Å². The standard InChI is InChI=1S/C24H25N3O5S/c1-26-13-15-27(16-14-26)23(28)19-9-5-6-10-21(19)33(30,31)25-20-12-11-17-7-3-4-8-18(17)22(20)24(29)32-2/h3-12,25H,13-16H2,1-2H3. The summed E-state index contributed by atoms with van der Waals surface area (Å²) in [5.41, 5.74) is 0.291. The molecule has 0 atom stereocenters. The van der Waals surface area contributed by atoms with Gasteiger partial charge in [-0.25, -0.2) is 13.2 Å². The Bertz CT molecular complexity index is 1310. The van der Waals surface area contributed by atoms with E-state index in [1.165, 1.54) is 25.3 Å². The highest BCUT2D eigenvalue weighted by molar-refractivity contribution is 7.92. The summed E-state index contributed by atoms with van der Waals surface area (Å²) in [6, 6.07) is 16.5. The summed E-state index contributed by atoms with van der Waals surface area (Å²) in [5.74, 6) is -0.998. The van der Waals surface area contributed by atoms with Crippen molar-refractivity contribution in [2.24, 2.45) is 0 Å². The van der Waals surface area contributed by atoms with Crippen molar-refractivity contribution >= 4 is 38.4 Å². The Morgan fingerprint density at radius 2 is 1.58 bits per heavy atom. The predicted molar refractivity (Wildman–Crippen MR) is 126 cm³/mol. The third-order valence-electron chi connectivity index (χ3n) is 5.76. The van der Waals surface area contributed by atoms with E-state index in [1.54, 1.807) is 35.2 Å². The number of esters is 1. The van der Waals surface area contributed by atoms with Crippen LogP contribution in [0.15, 0.2) is 65.6 Å². The third kappa shape index (κ3) is 4.55. The number of likely N-dealkylation sites (N-methyl/N-ethyl adjacent to an activating group) is 1. The van der Waals surface area contributed by atoms with Crippen LogP contribution in [0.3, 0.4) is 0 Å². The topological polar surface area (TPSA) is 96.0 Å². The minimum atomic E-state index is -4.19. The van der Waals surface area contributed by atoms with Gasteiger partial charge in [-0.2, -0.15) is 0 Å². The lowest BCUT2D eigenvalue weighted by molar-refractivity contribution is 0.0603. The molecule has 1 saturated heterocycles. The van der Waals surface area contributed by atoms with Gasteiger partial charge in [0.25, 0.3) is 15.9 Å². The summed E-state index contributed by atoms with van der Waals surface area (Å²) in [6.45, 7) is 2.49. The van der Waals surface area contributed by atoms with Crippen LogP contribution in [0.2, 0.25) is 0 Å². The third-order valence-corrected chi connectivity index (χ3v) is 7.18. The highest BCUT2D eigenvalue weighted by Crippen LogP contribution is 2.30. The first-order chi connectivity index (χ1) is 15.8. The molecule has 3 aromatic carbocycles. The molecule has 1 aliphatic rings. The summed E-state index contributed by atoms with van der Waals surface area (Å²) in [7, 11) is -0.966. The summed E-state index contributed by atoms with van der Waals surface area (Å²) >= 11 is 0. The fourth-order valence-corrected chi connectivity index (χ4v) is 5.21. The summed E-state index contributed by atoms with van der Waals surface area (Å²) in [4.78, 5) is 29.4.